The van der Waals surface area contributed by atoms with Gasteiger partial charge < -0.3 is 5.32 Å². The monoisotopic (exact) mass is 233 g/mol. The van der Waals surface area contributed by atoms with Gasteiger partial charge in [0, 0.05) is 11.6 Å². The van der Waals surface area contributed by atoms with Crippen LogP contribution in [0.3, 0.4) is 0 Å². The summed E-state index contributed by atoms with van der Waals surface area (Å²) in [7, 11) is 0. The summed E-state index contributed by atoms with van der Waals surface area (Å²) in [6.45, 7) is 8.70. The van der Waals surface area contributed by atoms with E-state index in [1.165, 1.54) is 5.56 Å². The highest BCUT2D eigenvalue weighted by Crippen LogP contribution is 2.14. The topological polar surface area (TPSA) is 29.1 Å². The SMILES string of the molecule is CC(C)Cc1cccc(NCC(=O)C(C)C)c1. The number of ketones is 1. The molecule has 1 aromatic carbocycles. The normalized spacial score (nSPS) is 10.9. The quantitative estimate of drug-likeness (QED) is 0.814. The number of rotatable bonds is 6. The second-order valence-electron chi connectivity index (χ2n) is 5.27. The van der Waals surface area contributed by atoms with Gasteiger partial charge in [0.05, 0.1) is 6.54 Å². The van der Waals surface area contributed by atoms with Gasteiger partial charge in [0.1, 0.15) is 0 Å². The van der Waals surface area contributed by atoms with E-state index in [9.17, 15) is 4.79 Å². The molecule has 94 valence electrons. The average Bonchev–Trinajstić information content (AvgIpc) is 2.25. The lowest BCUT2D eigenvalue weighted by Gasteiger charge is -2.10. The van der Waals surface area contributed by atoms with E-state index in [4.69, 9.17) is 0 Å². The molecule has 0 fully saturated rings. The van der Waals surface area contributed by atoms with Gasteiger partial charge in [-0.3, -0.25) is 4.79 Å². The number of carbonyl (C=O) groups is 1. The van der Waals surface area contributed by atoms with Gasteiger partial charge in [-0.05, 0) is 30.0 Å². The molecule has 0 aliphatic rings. The third-order valence-electron chi connectivity index (χ3n) is 2.68. The Hall–Kier alpha value is -1.31. The number of hydrogen-bond acceptors (Lipinski definition) is 2. The van der Waals surface area contributed by atoms with Crippen molar-refractivity contribution < 1.29 is 4.79 Å². The van der Waals surface area contributed by atoms with Crippen LogP contribution in [0.15, 0.2) is 24.3 Å². The van der Waals surface area contributed by atoms with Crippen molar-refractivity contribution in [3.05, 3.63) is 29.8 Å². The summed E-state index contributed by atoms with van der Waals surface area (Å²) >= 11 is 0. The van der Waals surface area contributed by atoms with Crippen molar-refractivity contribution >= 4 is 11.5 Å². The van der Waals surface area contributed by atoms with Crippen LogP contribution in [0.2, 0.25) is 0 Å². The molecule has 2 nitrogen and oxygen atoms in total. The zero-order chi connectivity index (χ0) is 12.8. The molecule has 0 amide bonds. The van der Waals surface area contributed by atoms with Gasteiger partial charge in [0.15, 0.2) is 5.78 Å². The van der Waals surface area contributed by atoms with Crippen LogP contribution in [0.1, 0.15) is 33.3 Å². The molecule has 1 N–H and O–H groups in total. The average molecular weight is 233 g/mol. The lowest BCUT2D eigenvalue weighted by Crippen LogP contribution is -2.18. The maximum Gasteiger partial charge on any atom is 0.154 e. The van der Waals surface area contributed by atoms with Crippen LogP contribution >= 0.6 is 0 Å². The first-order valence-electron chi connectivity index (χ1n) is 6.34. The molecule has 0 aliphatic heterocycles. The molecule has 0 radical (unpaired) electrons. The summed E-state index contributed by atoms with van der Waals surface area (Å²) in [5.74, 6) is 1.00. The van der Waals surface area contributed by atoms with E-state index >= 15 is 0 Å². The first-order chi connectivity index (χ1) is 7.99. The maximum atomic E-state index is 11.5. The zero-order valence-electron chi connectivity index (χ0n) is 11.3. The highest BCUT2D eigenvalue weighted by molar-refractivity contribution is 5.84. The Morgan fingerprint density at radius 3 is 2.53 bits per heavy atom. The molecule has 0 unspecified atom stereocenters. The van der Waals surface area contributed by atoms with Gasteiger partial charge in [0.25, 0.3) is 0 Å². The number of benzene rings is 1. The van der Waals surface area contributed by atoms with Crippen molar-refractivity contribution in [2.45, 2.75) is 34.1 Å². The summed E-state index contributed by atoms with van der Waals surface area (Å²) in [6.07, 6.45) is 1.08. The molecule has 0 spiro atoms. The minimum absolute atomic E-state index is 0.0985. The minimum Gasteiger partial charge on any atom is -0.378 e. The van der Waals surface area contributed by atoms with Crippen LogP contribution in [0.25, 0.3) is 0 Å². The van der Waals surface area contributed by atoms with Crippen LogP contribution in [-0.4, -0.2) is 12.3 Å². The second-order valence-corrected chi connectivity index (χ2v) is 5.27. The summed E-state index contributed by atoms with van der Waals surface area (Å²) in [6, 6.07) is 8.32. The molecule has 0 bridgehead atoms. The number of hydrogen-bond donors (Lipinski definition) is 1. The summed E-state index contributed by atoms with van der Waals surface area (Å²) in [4.78, 5) is 11.5. The molecule has 1 aromatic rings. The lowest BCUT2D eigenvalue weighted by atomic mass is 10.0. The van der Waals surface area contributed by atoms with E-state index < -0.39 is 0 Å². The Morgan fingerprint density at radius 2 is 1.94 bits per heavy atom. The fourth-order valence-corrected chi connectivity index (χ4v) is 1.67. The van der Waals surface area contributed by atoms with Crippen LogP contribution in [0, 0.1) is 11.8 Å². The van der Waals surface area contributed by atoms with Crippen molar-refractivity contribution in [2.75, 3.05) is 11.9 Å². The number of anilines is 1. The molecular weight excluding hydrogens is 210 g/mol. The Morgan fingerprint density at radius 1 is 1.24 bits per heavy atom. The molecule has 2 heteroatoms. The van der Waals surface area contributed by atoms with Gasteiger partial charge in [-0.2, -0.15) is 0 Å². The van der Waals surface area contributed by atoms with Crippen LogP contribution in [-0.2, 0) is 11.2 Å². The third kappa shape index (κ3) is 5.03. The number of nitrogens with one attached hydrogen (secondary N) is 1. The number of carbonyl (C=O) groups excluding carboxylic acids is 1. The molecule has 0 atom stereocenters. The van der Waals surface area contributed by atoms with Gasteiger partial charge in [0.2, 0.25) is 0 Å². The second kappa shape index (κ2) is 6.43. The smallest absolute Gasteiger partial charge is 0.154 e. The molecule has 17 heavy (non-hydrogen) atoms. The molecular formula is C15H23NO. The fraction of sp³-hybridized carbons (Fsp3) is 0.533. The van der Waals surface area contributed by atoms with E-state index in [0.717, 1.165) is 12.1 Å². The lowest BCUT2D eigenvalue weighted by molar-refractivity contribution is -0.120. The zero-order valence-corrected chi connectivity index (χ0v) is 11.3. The molecule has 1 rings (SSSR count). The first-order valence-corrected chi connectivity index (χ1v) is 6.34. The van der Waals surface area contributed by atoms with Crippen molar-refractivity contribution in [3.8, 4) is 0 Å². The summed E-state index contributed by atoms with van der Waals surface area (Å²) in [5.41, 5.74) is 2.36. The van der Waals surface area contributed by atoms with Gasteiger partial charge in [-0.25, -0.2) is 0 Å². The standard InChI is InChI=1S/C15H23NO/c1-11(2)8-13-6-5-7-14(9-13)16-10-15(17)12(3)4/h5-7,9,11-12,16H,8,10H2,1-4H3. The van der Waals surface area contributed by atoms with Gasteiger partial charge in [-0.1, -0.05) is 39.8 Å². The highest BCUT2D eigenvalue weighted by Gasteiger charge is 2.06. The van der Waals surface area contributed by atoms with Crippen molar-refractivity contribution in [3.63, 3.8) is 0 Å². The van der Waals surface area contributed by atoms with Gasteiger partial charge in [-0.15, -0.1) is 0 Å². The van der Waals surface area contributed by atoms with Crippen LogP contribution in [0.4, 0.5) is 5.69 Å². The molecule has 0 aromatic heterocycles. The van der Waals surface area contributed by atoms with Crippen molar-refractivity contribution in [1.82, 2.24) is 0 Å². The summed E-state index contributed by atoms with van der Waals surface area (Å²) in [5, 5.41) is 3.19. The van der Waals surface area contributed by atoms with Crippen LogP contribution in [0.5, 0.6) is 0 Å². The van der Waals surface area contributed by atoms with E-state index in [1.807, 2.05) is 26.0 Å². The largest absolute Gasteiger partial charge is 0.378 e. The van der Waals surface area contributed by atoms with E-state index in [-0.39, 0.29) is 11.7 Å². The van der Waals surface area contributed by atoms with Crippen LogP contribution < -0.4 is 5.32 Å². The maximum absolute atomic E-state index is 11.5. The highest BCUT2D eigenvalue weighted by atomic mass is 16.1. The Kier molecular flexibility index (Phi) is 5.20. The fourth-order valence-electron chi connectivity index (χ4n) is 1.67. The molecule has 0 aliphatic carbocycles. The Labute approximate surface area is 104 Å². The number of Topliss-reactive ketones (excluding diaryl/α,β-unsaturated/α-hetero) is 1. The first kappa shape index (κ1) is 13.8. The minimum atomic E-state index is 0.0985. The molecule has 0 saturated heterocycles. The van der Waals surface area contributed by atoms with Crippen molar-refractivity contribution in [1.29, 1.82) is 0 Å². The molecule has 0 saturated carbocycles. The third-order valence-corrected chi connectivity index (χ3v) is 2.68. The van der Waals surface area contributed by atoms with E-state index in [0.29, 0.717) is 12.5 Å². The van der Waals surface area contributed by atoms with Crippen molar-refractivity contribution in [2.24, 2.45) is 11.8 Å². The summed E-state index contributed by atoms with van der Waals surface area (Å²) < 4.78 is 0. The van der Waals surface area contributed by atoms with Gasteiger partial charge >= 0.3 is 0 Å². The van der Waals surface area contributed by atoms with E-state index in [1.54, 1.807) is 0 Å². The predicted molar refractivity (Wildman–Crippen MR) is 73.3 cm³/mol. The predicted octanol–water partition coefficient (Wildman–Crippen LogP) is 3.52. The Bertz CT molecular complexity index is 369. The molecule has 0 heterocycles. The van der Waals surface area contributed by atoms with E-state index in [2.05, 4.69) is 31.3 Å². The Balaban J connectivity index is 2.57.